The van der Waals surface area contributed by atoms with E-state index in [-0.39, 0.29) is 11.3 Å². The van der Waals surface area contributed by atoms with Crippen LogP contribution in [-0.4, -0.2) is 30.0 Å². The van der Waals surface area contributed by atoms with Gasteiger partial charge in [0.05, 0.1) is 22.4 Å². The molecule has 0 unspecified atom stereocenters. The number of benzene rings is 2. The molecule has 2 aromatic heterocycles. The van der Waals surface area contributed by atoms with Crippen LogP contribution in [0.4, 0.5) is 5.69 Å². The summed E-state index contributed by atoms with van der Waals surface area (Å²) in [6.07, 6.45) is 1.21. The molecule has 2 N–H and O–H groups in total. The smallest absolute Gasteiger partial charge is 0.335 e. The van der Waals surface area contributed by atoms with Gasteiger partial charge >= 0.3 is 11.4 Å². The van der Waals surface area contributed by atoms with Crippen LogP contribution in [0.3, 0.4) is 0 Å². The van der Waals surface area contributed by atoms with Gasteiger partial charge in [0, 0.05) is 20.3 Å². The maximum absolute atomic E-state index is 12.4. The second-order valence-electron chi connectivity index (χ2n) is 7.45. The Labute approximate surface area is 176 Å². The quantitative estimate of drug-likeness (QED) is 0.493. The van der Waals surface area contributed by atoms with Crippen molar-refractivity contribution in [1.82, 2.24) is 18.7 Å². The van der Waals surface area contributed by atoms with Gasteiger partial charge in [-0.25, -0.2) is 14.2 Å². The summed E-state index contributed by atoms with van der Waals surface area (Å²) in [4.78, 5) is 43.4. The number of nitrogens with zero attached hydrogens (tertiary/aromatic N) is 4. The lowest BCUT2D eigenvalue weighted by atomic mass is 10.1. The zero-order chi connectivity index (χ0) is 22.4. The highest BCUT2D eigenvalue weighted by Crippen LogP contribution is 2.22. The number of aliphatic imine (C=N–C) groups is 1. The fourth-order valence-corrected chi connectivity index (χ4v) is 3.55. The largest absolute Gasteiger partial charge is 0.493 e. The number of H-pyrrole nitrogens is 1. The zero-order valence-electron chi connectivity index (χ0n) is 17.5. The summed E-state index contributed by atoms with van der Waals surface area (Å²) in [5.74, 6) is -0.501. The van der Waals surface area contributed by atoms with Crippen LogP contribution >= 0.6 is 0 Å². The molecule has 158 valence electrons. The van der Waals surface area contributed by atoms with Gasteiger partial charge in [0.25, 0.3) is 5.56 Å². The Morgan fingerprint density at radius 2 is 1.68 bits per heavy atom. The van der Waals surface area contributed by atoms with E-state index in [1.165, 1.54) is 15.3 Å². The van der Waals surface area contributed by atoms with Crippen LogP contribution in [0.5, 0.6) is 5.88 Å². The van der Waals surface area contributed by atoms with Gasteiger partial charge in [-0.05, 0) is 49.2 Å². The number of aromatic amines is 1. The van der Waals surface area contributed by atoms with Crippen molar-refractivity contribution in [3.05, 3.63) is 84.4 Å². The minimum Gasteiger partial charge on any atom is -0.493 e. The Bertz CT molecular complexity index is 1550. The maximum atomic E-state index is 12.4. The molecule has 0 aliphatic rings. The minimum absolute atomic E-state index is 0.150. The molecule has 0 aliphatic carbocycles. The molecule has 0 fully saturated rings. The fourth-order valence-electron chi connectivity index (χ4n) is 3.55. The van der Waals surface area contributed by atoms with Crippen LogP contribution in [0.2, 0.25) is 0 Å². The molecule has 0 saturated carbocycles. The number of fused-ring (bicyclic) bond motifs is 1. The molecule has 4 rings (SSSR count). The normalized spacial score (nSPS) is 11.6. The van der Waals surface area contributed by atoms with Crippen molar-refractivity contribution in [1.29, 1.82) is 0 Å². The van der Waals surface area contributed by atoms with Gasteiger partial charge < -0.3 is 5.11 Å². The number of hydrogen-bond donors (Lipinski definition) is 2. The monoisotopic (exact) mass is 419 g/mol. The average molecular weight is 419 g/mol. The van der Waals surface area contributed by atoms with Gasteiger partial charge in [0.2, 0.25) is 5.88 Å². The number of aromatic nitrogens is 4. The number of aromatic hydroxyl groups is 1. The Balaban J connectivity index is 1.85. The fraction of sp³-hybridized carbons (Fsp3) is 0.182. The van der Waals surface area contributed by atoms with E-state index in [9.17, 15) is 19.5 Å². The highest BCUT2D eigenvalue weighted by molar-refractivity contribution is 5.86. The third kappa shape index (κ3) is 3.29. The van der Waals surface area contributed by atoms with Gasteiger partial charge in [0.15, 0.2) is 0 Å². The standard InChI is InChI=1S/C22H21N5O4/c1-12-5-6-13(2)17(9-12)27-20(29)15(19(28)24-21(27)30)11-23-14-7-8-16-18(10-14)26(4)22(31)25(16)3/h5-11,29H,1-4H3,(H,24,28,30). The summed E-state index contributed by atoms with van der Waals surface area (Å²) < 4.78 is 4.08. The predicted molar refractivity (Wildman–Crippen MR) is 119 cm³/mol. The van der Waals surface area contributed by atoms with Crippen molar-refractivity contribution in [3.8, 4) is 11.6 Å². The van der Waals surface area contributed by atoms with Crippen LogP contribution in [0.15, 0.2) is 55.8 Å². The summed E-state index contributed by atoms with van der Waals surface area (Å²) in [5.41, 5.74) is 2.23. The summed E-state index contributed by atoms with van der Waals surface area (Å²) >= 11 is 0. The first-order chi connectivity index (χ1) is 14.7. The highest BCUT2D eigenvalue weighted by Gasteiger charge is 2.16. The van der Waals surface area contributed by atoms with E-state index < -0.39 is 17.1 Å². The maximum Gasteiger partial charge on any atom is 0.335 e. The van der Waals surface area contributed by atoms with Crippen molar-refractivity contribution in [2.45, 2.75) is 13.8 Å². The molecule has 2 aromatic carbocycles. The molecule has 2 heterocycles. The Morgan fingerprint density at radius 1 is 0.968 bits per heavy atom. The number of imidazole rings is 1. The van der Waals surface area contributed by atoms with Crippen LogP contribution in [-0.2, 0) is 14.1 Å². The number of hydrogen-bond acceptors (Lipinski definition) is 5. The van der Waals surface area contributed by atoms with Crippen LogP contribution < -0.4 is 16.9 Å². The summed E-state index contributed by atoms with van der Waals surface area (Å²) in [7, 11) is 3.34. The lowest BCUT2D eigenvalue weighted by molar-refractivity contribution is 0.430. The van der Waals surface area contributed by atoms with E-state index in [1.54, 1.807) is 45.3 Å². The van der Waals surface area contributed by atoms with Crippen molar-refractivity contribution < 1.29 is 5.11 Å². The summed E-state index contributed by atoms with van der Waals surface area (Å²) in [6, 6.07) is 10.6. The SMILES string of the molecule is Cc1ccc(C)c(-n2c(O)c(C=Nc3ccc4c(c3)n(C)c(=O)n4C)c(=O)[nH]c2=O)c1. The summed E-state index contributed by atoms with van der Waals surface area (Å²) in [6.45, 7) is 3.67. The van der Waals surface area contributed by atoms with E-state index in [1.807, 2.05) is 19.1 Å². The van der Waals surface area contributed by atoms with Crippen molar-refractivity contribution in [3.63, 3.8) is 0 Å². The predicted octanol–water partition coefficient (Wildman–Crippen LogP) is 1.79. The molecule has 0 atom stereocenters. The Kier molecular flexibility index (Phi) is 4.73. The molecule has 9 nitrogen and oxygen atoms in total. The molecule has 0 spiro atoms. The van der Waals surface area contributed by atoms with Crippen LogP contribution in [0.1, 0.15) is 16.7 Å². The molecule has 0 bridgehead atoms. The van der Waals surface area contributed by atoms with E-state index in [0.29, 0.717) is 16.9 Å². The van der Waals surface area contributed by atoms with Crippen LogP contribution in [0.25, 0.3) is 16.7 Å². The molecule has 4 aromatic rings. The van der Waals surface area contributed by atoms with E-state index >= 15 is 0 Å². The second kappa shape index (κ2) is 7.28. The van der Waals surface area contributed by atoms with Crippen molar-refractivity contribution in [2.75, 3.05) is 0 Å². The van der Waals surface area contributed by atoms with Crippen molar-refractivity contribution in [2.24, 2.45) is 19.1 Å². The Morgan fingerprint density at radius 3 is 2.42 bits per heavy atom. The van der Waals surface area contributed by atoms with Crippen LogP contribution in [0, 0.1) is 13.8 Å². The molecule has 0 saturated heterocycles. The third-order valence-electron chi connectivity index (χ3n) is 5.32. The molecule has 0 amide bonds. The number of aryl methyl sites for hydroxylation is 4. The molecule has 9 heteroatoms. The van der Waals surface area contributed by atoms with Gasteiger partial charge in [-0.2, -0.15) is 0 Å². The first-order valence-electron chi connectivity index (χ1n) is 9.54. The molecular weight excluding hydrogens is 398 g/mol. The van der Waals surface area contributed by atoms with Crippen molar-refractivity contribution >= 4 is 22.9 Å². The van der Waals surface area contributed by atoms with Gasteiger partial charge in [-0.3, -0.25) is 23.9 Å². The minimum atomic E-state index is -0.749. The third-order valence-corrected chi connectivity index (χ3v) is 5.32. The first-order valence-corrected chi connectivity index (χ1v) is 9.54. The first kappa shape index (κ1) is 20.1. The number of rotatable bonds is 3. The number of nitrogens with one attached hydrogen (secondary N) is 1. The van der Waals surface area contributed by atoms with Gasteiger partial charge in [-0.15, -0.1) is 0 Å². The molecule has 0 aliphatic heterocycles. The second-order valence-corrected chi connectivity index (χ2v) is 7.45. The average Bonchev–Trinajstić information content (AvgIpc) is 2.94. The summed E-state index contributed by atoms with van der Waals surface area (Å²) in [5, 5.41) is 10.8. The topological polar surface area (TPSA) is 114 Å². The van der Waals surface area contributed by atoms with E-state index in [4.69, 9.17) is 0 Å². The van der Waals surface area contributed by atoms with E-state index in [2.05, 4.69) is 9.98 Å². The zero-order valence-corrected chi connectivity index (χ0v) is 17.5. The lowest BCUT2D eigenvalue weighted by Gasteiger charge is -2.12. The molecular formula is C22H21N5O4. The Hall–Kier alpha value is -4.14. The molecule has 0 radical (unpaired) electrons. The highest BCUT2D eigenvalue weighted by atomic mass is 16.3. The van der Waals surface area contributed by atoms with E-state index in [0.717, 1.165) is 21.2 Å². The lowest BCUT2D eigenvalue weighted by Crippen LogP contribution is -2.31. The van der Waals surface area contributed by atoms with Gasteiger partial charge in [-0.1, -0.05) is 12.1 Å². The van der Waals surface area contributed by atoms with Gasteiger partial charge in [0.1, 0.15) is 5.56 Å². The molecule has 31 heavy (non-hydrogen) atoms.